The summed E-state index contributed by atoms with van der Waals surface area (Å²) in [4.78, 5) is 34.7. The van der Waals surface area contributed by atoms with Gasteiger partial charge in [-0.05, 0) is 60.5 Å². The van der Waals surface area contributed by atoms with Crippen molar-refractivity contribution in [2.24, 2.45) is 0 Å². The molecule has 198 valence electrons. The summed E-state index contributed by atoms with van der Waals surface area (Å²) in [7, 11) is 3.10. The van der Waals surface area contributed by atoms with Crippen molar-refractivity contribution in [3.05, 3.63) is 107 Å². The molecular weight excluding hydrogens is 490 g/mol. The SMILES string of the molecule is CCCN(C(=O)c1ccc(OC)cc1OC)C(C)c1nc2ccccc2c(=O)n1-c1ccc2ccccc2c1. The highest BCUT2D eigenvalue weighted by molar-refractivity contribution is 5.97. The van der Waals surface area contributed by atoms with Crippen LogP contribution in [0.4, 0.5) is 0 Å². The van der Waals surface area contributed by atoms with Gasteiger partial charge >= 0.3 is 0 Å². The van der Waals surface area contributed by atoms with Crippen molar-refractivity contribution < 1.29 is 14.3 Å². The summed E-state index contributed by atoms with van der Waals surface area (Å²) in [5, 5.41) is 2.61. The molecule has 1 aromatic heterocycles. The van der Waals surface area contributed by atoms with Crippen LogP contribution < -0.4 is 15.0 Å². The fourth-order valence-electron chi connectivity index (χ4n) is 4.98. The maximum absolute atomic E-state index is 14.0. The second-order valence-electron chi connectivity index (χ2n) is 9.40. The van der Waals surface area contributed by atoms with Crippen molar-refractivity contribution >= 4 is 27.6 Å². The summed E-state index contributed by atoms with van der Waals surface area (Å²) in [6.45, 7) is 4.40. The second kappa shape index (κ2) is 11.0. The number of carbonyl (C=O) groups excluding carboxylic acids is 1. The third-order valence-electron chi connectivity index (χ3n) is 7.00. The van der Waals surface area contributed by atoms with E-state index >= 15 is 0 Å². The largest absolute Gasteiger partial charge is 0.497 e. The lowest BCUT2D eigenvalue weighted by Crippen LogP contribution is -2.38. The molecule has 0 bridgehead atoms. The van der Waals surface area contributed by atoms with E-state index in [1.54, 1.807) is 40.8 Å². The zero-order chi connectivity index (χ0) is 27.5. The molecule has 1 atom stereocenters. The molecule has 5 rings (SSSR count). The molecule has 0 aliphatic rings. The van der Waals surface area contributed by atoms with Gasteiger partial charge in [-0.1, -0.05) is 49.4 Å². The van der Waals surface area contributed by atoms with Crippen LogP contribution in [0.2, 0.25) is 0 Å². The third kappa shape index (κ3) is 4.83. The molecule has 1 amide bonds. The number of nitrogens with zero attached hydrogens (tertiary/aromatic N) is 3. The Morgan fingerprint density at radius 3 is 2.41 bits per heavy atom. The highest BCUT2D eigenvalue weighted by atomic mass is 16.5. The number of rotatable bonds is 8. The summed E-state index contributed by atoms with van der Waals surface area (Å²) < 4.78 is 12.5. The Hall–Kier alpha value is -4.65. The van der Waals surface area contributed by atoms with Gasteiger partial charge in [-0.25, -0.2) is 4.98 Å². The Morgan fingerprint density at radius 1 is 0.923 bits per heavy atom. The van der Waals surface area contributed by atoms with E-state index in [9.17, 15) is 9.59 Å². The monoisotopic (exact) mass is 521 g/mol. The van der Waals surface area contributed by atoms with Gasteiger partial charge in [0, 0.05) is 12.6 Å². The minimum atomic E-state index is -0.520. The van der Waals surface area contributed by atoms with E-state index in [1.807, 2.05) is 74.5 Å². The standard InChI is InChI=1S/C32H31N3O4/c1-5-18-34(31(36)27-17-16-25(38-3)20-29(27)39-4)21(2)30-33-28-13-9-8-12-26(28)32(37)35(30)24-15-14-22-10-6-7-11-23(22)19-24/h6-17,19-21H,5,18H2,1-4H3. The molecule has 0 spiro atoms. The van der Waals surface area contributed by atoms with E-state index in [0.29, 0.717) is 46.0 Å². The van der Waals surface area contributed by atoms with Gasteiger partial charge in [0.25, 0.3) is 11.5 Å². The summed E-state index contributed by atoms with van der Waals surface area (Å²) in [6.07, 6.45) is 0.725. The van der Waals surface area contributed by atoms with Crippen LogP contribution in [0, 0.1) is 0 Å². The predicted molar refractivity (Wildman–Crippen MR) is 154 cm³/mol. The number of aromatic nitrogens is 2. The van der Waals surface area contributed by atoms with Crippen LogP contribution in [0.15, 0.2) is 89.7 Å². The molecule has 7 heteroatoms. The van der Waals surface area contributed by atoms with Gasteiger partial charge in [0.05, 0.1) is 42.4 Å². The summed E-state index contributed by atoms with van der Waals surface area (Å²) in [5.74, 6) is 1.30. The molecule has 5 aromatic rings. The van der Waals surface area contributed by atoms with E-state index in [4.69, 9.17) is 14.5 Å². The van der Waals surface area contributed by atoms with Crippen molar-refractivity contribution in [3.63, 3.8) is 0 Å². The van der Waals surface area contributed by atoms with E-state index < -0.39 is 6.04 Å². The van der Waals surface area contributed by atoms with Crippen molar-refractivity contribution in [2.75, 3.05) is 20.8 Å². The Labute approximate surface area is 227 Å². The molecule has 0 saturated heterocycles. The third-order valence-corrected chi connectivity index (χ3v) is 7.00. The van der Waals surface area contributed by atoms with Crippen molar-refractivity contribution in [3.8, 4) is 17.2 Å². The normalized spacial score (nSPS) is 11.9. The number of methoxy groups -OCH3 is 2. The molecule has 0 aliphatic heterocycles. The number of amides is 1. The second-order valence-corrected chi connectivity index (χ2v) is 9.40. The van der Waals surface area contributed by atoms with Crippen LogP contribution >= 0.6 is 0 Å². The van der Waals surface area contributed by atoms with Crippen molar-refractivity contribution in [1.29, 1.82) is 0 Å². The van der Waals surface area contributed by atoms with Crippen LogP contribution in [0.1, 0.15) is 42.5 Å². The number of carbonyl (C=O) groups is 1. The fraction of sp³-hybridized carbons (Fsp3) is 0.219. The molecule has 1 heterocycles. The lowest BCUT2D eigenvalue weighted by atomic mass is 10.1. The zero-order valence-electron chi connectivity index (χ0n) is 22.5. The Morgan fingerprint density at radius 2 is 1.67 bits per heavy atom. The van der Waals surface area contributed by atoms with Gasteiger partial charge in [-0.3, -0.25) is 14.2 Å². The van der Waals surface area contributed by atoms with Gasteiger partial charge in [0.1, 0.15) is 17.3 Å². The first kappa shape index (κ1) is 26.0. The van der Waals surface area contributed by atoms with Crippen LogP contribution in [-0.2, 0) is 0 Å². The quantitative estimate of drug-likeness (QED) is 0.244. The molecule has 4 aromatic carbocycles. The molecule has 39 heavy (non-hydrogen) atoms. The maximum Gasteiger partial charge on any atom is 0.266 e. The average molecular weight is 522 g/mol. The topological polar surface area (TPSA) is 73.7 Å². The van der Waals surface area contributed by atoms with Crippen LogP contribution in [-0.4, -0.2) is 41.1 Å². The Kier molecular flexibility index (Phi) is 7.32. The molecule has 0 aliphatic carbocycles. The molecular formula is C32H31N3O4. The summed E-state index contributed by atoms with van der Waals surface area (Å²) in [6, 6.07) is 25.9. The number of hydrogen-bond donors (Lipinski definition) is 0. The van der Waals surface area contributed by atoms with Gasteiger partial charge in [-0.2, -0.15) is 0 Å². The first-order valence-corrected chi connectivity index (χ1v) is 13.0. The van der Waals surface area contributed by atoms with Crippen LogP contribution in [0.5, 0.6) is 11.5 Å². The zero-order valence-corrected chi connectivity index (χ0v) is 22.5. The first-order valence-electron chi connectivity index (χ1n) is 13.0. The van der Waals surface area contributed by atoms with Gasteiger partial charge < -0.3 is 14.4 Å². The summed E-state index contributed by atoms with van der Waals surface area (Å²) in [5.41, 5.74) is 1.53. The first-order chi connectivity index (χ1) is 19.0. The highest BCUT2D eigenvalue weighted by Gasteiger charge is 2.29. The van der Waals surface area contributed by atoms with E-state index in [0.717, 1.165) is 17.2 Å². The summed E-state index contributed by atoms with van der Waals surface area (Å²) >= 11 is 0. The number of ether oxygens (including phenoxy) is 2. The number of fused-ring (bicyclic) bond motifs is 2. The van der Waals surface area contributed by atoms with Gasteiger partial charge in [-0.15, -0.1) is 0 Å². The lowest BCUT2D eigenvalue weighted by molar-refractivity contribution is 0.0677. The van der Waals surface area contributed by atoms with Gasteiger partial charge in [0.2, 0.25) is 0 Å². The smallest absolute Gasteiger partial charge is 0.266 e. The maximum atomic E-state index is 14.0. The lowest BCUT2D eigenvalue weighted by Gasteiger charge is -2.31. The van der Waals surface area contributed by atoms with Crippen LogP contribution in [0.3, 0.4) is 0 Å². The number of hydrogen-bond acceptors (Lipinski definition) is 5. The number of benzene rings is 4. The highest BCUT2D eigenvalue weighted by Crippen LogP contribution is 2.30. The average Bonchev–Trinajstić information content (AvgIpc) is 2.98. The van der Waals surface area contributed by atoms with Crippen molar-refractivity contribution in [2.45, 2.75) is 26.3 Å². The molecule has 0 saturated carbocycles. The van der Waals surface area contributed by atoms with Crippen LogP contribution in [0.25, 0.3) is 27.4 Å². The number of para-hydroxylation sites is 1. The minimum absolute atomic E-state index is 0.177. The predicted octanol–water partition coefficient (Wildman–Crippen LogP) is 6.17. The molecule has 0 N–H and O–H groups in total. The van der Waals surface area contributed by atoms with E-state index in [1.165, 1.54) is 7.11 Å². The Balaban J connectivity index is 1.69. The minimum Gasteiger partial charge on any atom is -0.497 e. The molecule has 0 radical (unpaired) electrons. The van der Waals surface area contributed by atoms with E-state index in [-0.39, 0.29) is 11.5 Å². The molecule has 1 unspecified atom stereocenters. The fourth-order valence-corrected chi connectivity index (χ4v) is 4.98. The molecule has 0 fully saturated rings. The molecule has 7 nitrogen and oxygen atoms in total. The van der Waals surface area contributed by atoms with Crippen molar-refractivity contribution in [1.82, 2.24) is 14.5 Å². The van der Waals surface area contributed by atoms with E-state index in [2.05, 4.69) is 0 Å². The Bertz CT molecular complexity index is 1730. The van der Waals surface area contributed by atoms with Gasteiger partial charge in [0.15, 0.2) is 0 Å².